The number of aliphatic carboxylic acids is 1. The van der Waals surface area contributed by atoms with Crippen LogP contribution in [0.1, 0.15) is 44.2 Å². The first kappa shape index (κ1) is 14.7. The van der Waals surface area contributed by atoms with Crippen LogP contribution >= 0.6 is 0 Å². The summed E-state index contributed by atoms with van der Waals surface area (Å²) in [5.41, 5.74) is 7.11. The van der Waals surface area contributed by atoms with Gasteiger partial charge in [-0.05, 0) is 37.7 Å². The first-order chi connectivity index (χ1) is 8.24. The van der Waals surface area contributed by atoms with Gasteiger partial charge in [0, 0.05) is 0 Å². The Bertz CT molecular complexity index is 426. The maximum atomic E-state index is 11.0. The number of aryl methyl sites for hydroxylation is 1. The molecule has 0 heterocycles. The molecule has 1 rings (SSSR count). The Morgan fingerprint density at radius 1 is 1.44 bits per heavy atom. The van der Waals surface area contributed by atoms with Crippen LogP contribution in [0.5, 0.6) is 0 Å². The minimum atomic E-state index is -1.16. The van der Waals surface area contributed by atoms with Gasteiger partial charge in [0.25, 0.3) is 0 Å². The van der Waals surface area contributed by atoms with Crippen LogP contribution in [-0.4, -0.2) is 16.6 Å². The van der Waals surface area contributed by atoms with Crippen LogP contribution in [0.4, 0.5) is 0 Å². The molecule has 3 unspecified atom stereocenters. The Kier molecular flexibility index (Phi) is 4.52. The second-order valence-corrected chi connectivity index (χ2v) is 5.61. The molecule has 0 spiro atoms. The minimum absolute atomic E-state index is 0.220. The Morgan fingerprint density at radius 2 is 2.06 bits per heavy atom. The van der Waals surface area contributed by atoms with Crippen LogP contribution in [0.15, 0.2) is 24.3 Å². The lowest BCUT2D eigenvalue weighted by atomic mass is 9.80. The molecule has 0 radical (unpaired) electrons. The topological polar surface area (TPSA) is 63.3 Å². The first-order valence-electron chi connectivity index (χ1n) is 6.33. The van der Waals surface area contributed by atoms with E-state index < -0.39 is 11.5 Å². The lowest BCUT2D eigenvalue weighted by Crippen LogP contribution is -2.46. The molecule has 0 amide bonds. The van der Waals surface area contributed by atoms with Gasteiger partial charge in [0.05, 0.1) is 0 Å². The average molecular weight is 249 g/mol. The number of hydrogen-bond donors (Lipinski definition) is 2. The van der Waals surface area contributed by atoms with Crippen molar-refractivity contribution >= 4 is 5.97 Å². The number of hydrogen-bond acceptors (Lipinski definition) is 2. The van der Waals surface area contributed by atoms with E-state index in [0.717, 1.165) is 0 Å². The monoisotopic (exact) mass is 249 g/mol. The molecule has 3 heteroatoms. The SMILES string of the molecule is Cc1cccc(C(C)C(C)CC(C)(N)C(=O)O)c1. The summed E-state index contributed by atoms with van der Waals surface area (Å²) in [4.78, 5) is 11.0. The number of carboxylic acids is 1. The number of carboxylic acid groups (broad SMARTS) is 1. The fourth-order valence-corrected chi connectivity index (χ4v) is 2.21. The molecule has 3 nitrogen and oxygen atoms in total. The Hall–Kier alpha value is -1.35. The molecule has 0 saturated heterocycles. The van der Waals surface area contributed by atoms with Gasteiger partial charge < -0.3 is 10.8 Å². The Balaban J connectivity index is 2.79. The number of benzene rings is 1. The normalized spacial score (nSPS) is 17.8. The van der Waals surface area contributed by atoms with Crippen LogP contribution in [0.3, 0.4) is 0 Å². The molecule has 18 heavy (non-hydrogen) atoms. The summed E-state index contributed by atoms with van der Waals surface area (Å²) in [6, 6.07) is 8.33. The van der Waals surface area contributed by atoms with Crippen LogP contribution in [0, 0.1) is 12.8 Å². The molecule has 0 fully saturated rings. The second kappa shape index (κ2) is 5.53. The van der Waals surface area contributed by atoms with E-state index in [2.05, 4.69) is 39.0 Å². The third-order valence-corrected chi connectivity index (χ3v) is 3.66. The van der Waals surface area contributed by atoms with E-state index in [-0.39, 0.29) is 5.92 Å². The first-order valence-corrected chi connectivity index (χ1v) is 6.33. The van der Waals surface area contributed by atoms with Crippen LogP contribution < -0.4 is 5.73 Å². The van der Waals surface area contributed by atoms with E-state index in [4.69, 9.17) is 10.8 Å². The van der Waals surface area contributed by atoms with Crippen molar-refractivity contribution in [3.8, 4) is 0 Å². The van der Waals surface area contributed by atoms with Crippen molar-refractivity contribution in [2.75, 3.05) is 0 Å². The molecule has 0 aliphatic carbocycles. The molecule has 0 aliphatic rings. The maximum Gasteiger partial charge on any atom is 0.323 e. The van der Waals surface area contributed by atoms with Gasteiger partial charge >= 0.3 is 5.97 Å². The molecule has 0 aliphatic heterocycles. The van der Waals surface area contributed by atoms with Crippen LogP contribution in [0.2, 0.25) is 0 Å². The number of nitrogens with two attached hydrogens (primary N) is 1. The predicted octanol–water partition coefficient (Wildman–Crippen LogP) is 2.93. The smallest absolute Gasteiger partial charge is 0.323 e. The van der Waals surface area contributed by atoms with Crippen molar-refractivity contribution in [2.24, 2.45) is 11.7 Å². The minimum Gasteiger partial charge on any atom is -0.480 e. The molecule has 3 N–H and O–H groups in total. The van der Waals surface area contributed by atoms with Gasteiger partial charge in [-0.1, -0.05) is 43.7 Å². The molecule has 1 aromatic carbocycles. The summed E-state index contributed by atoms with van der Waals surface area (Å²) >= 11 is 0. The zero-order valence-corrected chi connectivity index (χ0v) is 11.6. The highest BCUT2D eigenvalue weighted by atomic mass is 16.4. The zero-order chi connectivity index (χ0) is 13.9. The van der Waals surface area contributed by atoms with Gasteiger partial charge in [-0.3, -0.25) is 4.79 Å². The molecule has 1 aromatic rings. The van der Waals surface area contributed by atoms with Crippen molar-refractivity contribution in [1.29, 1.82) is 0 Å². The molecule has 0 saturated carbocycles. The van der Waals surface area contributed by atoms with E-state index >= 15 is 0 Å². The van der Waals surface area contributed by atoms with Crippen molar-refractivity contribution < 1.29 is 9.90 Å². The van der Waals surface area contributed by atoms with Crippen molar-refractivity contribution in [3.63, 3.8) is 0 Å². The molecule has 0 aromatic heterocycles. The van der Waals surface area contributed by atoms with Gasteiger partial charge in [-0.2, -0.15) is 0 Å². The van der Waals surface area contributed by atoms with E-state index in [1.807, 2.05) is 6.07 Å². The largest absolute Gasteiger partial charge is 0.480 e. The van der Waals surface area contributed by atoms with Gasteiger partial charge in [0.15, 0.2) is 0 Å². The van der Waals surface area contributed by atoms with E-state index in [1.165, 1.54) is 11.1 Å². The van der Waals surface area contributed by atoms with Gasteiger partial charge in [0.1, 0.15) is 5.54 Å². The highest BCUT2D eigenvalue weighted by Gasteiger charge is 2.31. The van der Waals surface area contributed by atoms with Crippen molar-refractivity contribution in [3.05, 3.63) is 35.4 Å². The third-order valence-electron chi connectivity index (χ3n) is 3.66. The van der Waals surface area contributed by atoms with Gasteiger partial charge in [-0.15, -0.1) is 0 Å². The lowest BCUT2D eigenvalue weighted by Gasteiger charge is -2.27. The molecule has 0 bridgehead atoms. The Labute approximate surface area is 109 Å². The fourth-order valence-electron chi connectivity index (χ4n) is 2.21. The van der Waals surface area contributed by atoms with Gasteiger partial charge in [0.2, 0.25) is 0 Å². The summed E-state index contributed by atoms with van der Waals surface area (Å²) < 4.78 is 0. The lowest BCUT2D eigenvalue weighted by molar-refractivity contribution is -0.143. The number of rotatable bonds is 5. The Morgan fingerprint density at radius 3 is 2.56 bits per heavy atom. The summed E-state index contributed by atoms with van der Waals surface area (Å²) in [6.45, 7) is 7.82. The van der Waals surface area contributed by atoms with Crippen molar-refractivity contribution in [2.45, 2.75) is 45.6 Å². The highest BCUT2D eigenvalue weighted by molar-refractivity contribution is 5.77. The van der Waals surface area contributed by atoms with Crippen LogP contribution in [0.25, 0.3) is 0 Å². The quantitative estimate of drug-likeness (QED) is 0.843. The van der Waals surface area contributed by atoms with E-state index in [0.29, 0.717) is 12.3 Å². The molecular formula is C15H23NO2. The van der Waals surface area contributed by atoms with E-state index in [1.54, 1.807) is 6.92 Å². The molecular weight excluding hydrogens is 226 g/mol. The zero-order valence-electron chi connectivity index (χ0n) is 11.6. The average Bonchev–Trinajstić information content (AvgIpc) is 2.27. The second-order valence-electron chi connectivity index (χ2n) is 5.61. The van der Waals surface area contributed by atoms with Crippen molar-refractivity contribution in [1.82, 2.24) is 0 Å². The third kappa shape index (κ3) is 3.57. The maximum absolute atomic E-state index is 11.0. The summed E-state index contributed by atoms with van der Waals surface area (Å²) in [7, 11) is 0. The van der Waals surface area contributed by atoms with Gasteiger partial charge in [-0.25, -0.2) is 0 Å². The van der Waals surface area contributed by atoms with Crippen LogP contribution in [-0.2, 0) is 4.79 Å². The predicted molar refractivity (Wildman–Crippen MR) is 73.6 cm³/mol. The standard InChI is InChI=1S/C15H23NO2/c1-10-6-5-7-13(8-10)12(3)11(2)9-15(4,16)14(17)18/h5-8,11-12H,9,16H2,1-4H3,(H,17,18). The fraction of sp³-hybridized carbons (Fsp3) is 0.533. The molecule has 3 atom stereocenters. The highest BCUT2D eigenvalue weighted by Crippen LogP contribution is 2.30. The summed E-state index contributed by atoms with van der Waals surface area (Å²) in [5, 5.41) is 9.06. The summed E-state index contributed by atoms with van der Waals surface area (Å²) in [5.74, 6) is -0.421. The summed E-state index contributed by atoms with van der Waals surface area (Å²) in [6.07, 6.45) is 0.470. The number of carbonyl (C=O) groups is 1. The van der Waals surface area contributed by atoms with E-state index in [9.17, 15) is 4.79 Å². The molecule has 100 valence electrons.